The maximum atomic E-state index is 10.7. The average molecular weight is 199 g/mol. The largest absolute Gasteiger partial charge is 0.374 e. The van der Waals surface area contributed by atoms with E-state index < -0.39 is 13.6 Å². The summed E-state index contributed by atoms with van der Waals surface area (Å²) in [5.41, 5.74) is 1.07. The Kier molecular flexibility index (Phi) is 2.22. The minimum Gasteiger partial charge on any atom is -0.321 e. The molecule has 1 aromatic carbocycles. The zero-order valence-electron chi connectivity index (χ0n) is 6.88. The van der Waals surface area contributed by atoms with E-state index in [9.17, 15) is 4.57 Å². The molecule has 0 amide bonds. The van der Waals surface area contributed by atoms with Gasteiger partial charge in [-0.15, -0.1) is 0 Å². The minimum absolute atomic E-state index is 0.552. The molecule has 70 valence electrons. The van der Waals surface area contributed by atoms with E-state index in [1.807, 2.05) is 30.3 Å². The molecule has 1 aliphatic rings. The lowest BCUT2D eigenvalue weighted by Gasteiger charge is -1.98. The Morgan fingerprint density at radius 2 is 2.08 bits per heavy atom. The summed E-state index contributed by atoms with van der Waals surface area (Å²) < 4.78 is 15.3. The van der Waals surface area contributed by atoms with Crippen molar-refractivity contribution in [2.45, 2.75) is 12.5 Å². The van der Waals surface area contributed by atoms with E-state index in [4.69, 9.17) is 4.89 Å². The molecule has 1 aromatic rings. The molecule has 2 atom stereocenters. The van der Waals surface area contributed by atoms with Crippen LogP contribution in [0.1, 0.15) is 5.56 Å². The van der Waals surface area contributed by atoms with Crippen LogP contribution in [0.2, 0.25) is 0 Å². The van der Waals surface area contributed by atoms with Gasteiger partial charge in [0.2, 0.25) is 5.97 Å². The van der Waals surface area contributed by atoms with Crippen molar-refractivity contribution >= 4 is 7.60 Å². The Morgan fingerprint density at radius 3 is 2.62 bits per heavy atom. The van der Waals surface area contributed by atoms with Gasteiger partial charge in [0.15, 0.2) is 0 Å². The summed E-state index contributed by atoms with van der Waals surface area (Å²) in [7, 11) is -3.25. The lowest BCUT2D eigenvalue weighted by Crippen LogP contribution is -2.15. The van der Waals surface area contributed by atoms with Crippen LogP contribution in [0.25, 0.3) is 0 Å². The van der Waals surface area contributed by atoms with Crippen LogP contribution in [-0.2, 0) is 15.6 Å². The van der Waals surface area contributed by atoms with Crippen LogP contribution in [0.4, 0.5) is 0 Å². The summed E-state index contributed by atoms with van der Waals surface area (Å²) in [6, 6.07) is 9.65. The molecule has 1 aliphatic heterocycles. The van der Waals surface area contributed by atoms with Crippen molar-refractivity contribution in [3.8, 4) is 0 Å². The number of rotatable bonds is 3. The van der Waals surface area contributed by atoms with Crippen molar-refractivity contribution in [1.82, 2.24) is 5.32 Å². The second-order valence-electron chi connectivity index (χ2n) is 2.89. The van der Waals surface area contributed by atoms with E-state index >= 15 is 0 Å². The molecule has 13 heavy (non-hydrogen) atoms. The standard InChI is InChI=1S/C8H10NO3P/c10-13(11)8(12-13)9-6-7-4-2-1-3-5-7/h1-5,8-9H,6H2,(H,10,11). The van der Waals surface area contributed by atoms with Crippen molar-refractivity contribution < 1.29 is 14.0 Å². The lowest BCUT2D eigenvalue weighted by atomic mass is 10.2. The first kappa shape index (κ1) is 8.91. The van der Waals surface area contributed by atoms with E-state index in [0.29, 0.717) is 6.54 Å². The van der Waals surface area contributed by atoms with Gasteiger partial charge in [-0.25, -0.2) is 0 Å². The predicted octanol–water partition coefficient (Wildman–Crippen LogP) is 1.28. The predicted molar refractivity (Wildman–Crippen MR) is 48.0 cm³/mol. The normalized spacial score (nSPS) is 31.6. The maximum absolute atomic E-state index is 10.7. The van der Waals surface area contributed by atoms with E-state index in [-0.39, 0.29) is 0 Å². The second-order valence-corrected chi connectivity index (χ2v) is 4.70. The molecule has 5 heteroatoms. The minimum atomic E-state index is -3.25. The van der Waals surface area contributed by atoms with Crippen LogP contribution in [0.3, 0.4) is 0 Å². The number of nitrogens with one attached hydrogen (secondary N) is 1. The fourth-order valence-corrected chi connectivity index (χ4v) is 1.94. The van der Waals surface area contributed by atoms with E-state index in [0.717, 1.165) is 5.56 Å². The molecule has 1 fully saturated rings. The van der Waals surface area contributed by atoms with Crippen LogP contribution >= 0.6 is 7.60 Å². The molecule has 0 saturated carbocycles. The fraction of sp³-hybridized carbons (Fsp3) is 0.250. The molecule has 0 radical (unpaired) electrons. The third kappa shape index (κ3) is 2.17. The average Bonchev–Trinajstić information content (AvgIpc) is 2.73. The second kappa shape index (κ2) is 3.24. The van der Waals surface area contributed by atoms with Gasteiger partial charge in [0.25, 0.3) is 0 Å². The molecule has 0 bridgehead atoms. The van der Waals surface area contributed by atoms with Crippen molar-refractivity contribution in [2.24, 2.45) is 0 Å². The molecular weight excluding hydrogens is 189 g/mol. The monoisotopic (exact) mass is 199 g/mol. The molecule has 0 aliphatic carbocycles. The third-order valence-corrected chi connectivity index (χ3v) is 3.01. The molecule has 1 saturated heterocycles. The lowest BCUT2D eigenvalue weighted by molar-refractivity contribution is 0.376. The SMILES string of the molecule is O=P1(O)OC1NCc1ccccc1. The number of hydrogen-bond donors (Lipinski definition) is 2. The van der Waals surface area contributed by atoms with Crippen molar-refractivity contribution in [2.75, 3.05) is 0 Å². The number of benzene rings is 1. The van der Waals surface area contributed by atoms with Crippen molar-refractivity contribution in [1.29, 1.82) is 0 Å². The van der Waals surface area contributed by atoms with Gasteiger partial charge in [0.1, 0.15) is 0 Å². The van der Waals surface area contributed by atoms with Gasteiger partial charge >= 0.3 is 7.60 Å². The summed E-state index contributed by atoms with van der Waals surface area (Å²) in [5, 5.41) is 2.83. The van der Waals surface area contributed by atoms with E-state index in [1.54, 1.807) is 0 Å². The molecule has 1 heterocycles. The fourth-order valence-electron chi connectivity index (χ4n) is 1.07. The zero-order chi connectivity index (χ0) is 9.31. The van der Waals surface area contributed by atoms with Crippen molar-refractivity contribution in [3.05, 3.63) is 35.9 Å². The summed E-state index contributed by atoms with van der Waals surface area (Å²) >= 11 is 0. The topological polar surface area (TPSA) is 61.9 Å². The first-order valence-corrected chi connectivity index (χ1v) is 5.61. The Labute approximate surface area is 76.1 Å². The van der Waals surface area contributed by atoms with Gasteiger partial charge in [-0.2, -0.15) is 0 Å². The number of hydrogen-bond acceptors (Lipinski definition) is 3. The van der Waals surface area contributed by atoms with Gasteiger partial charge in [0.05, 0.1) is 0 Å². The van der Waals surface area contributed by atoms with Gasteiger partial charge in [-0.1, -0.05) is 30.3 Å². The highest BCUT2D eigenvalue weighted by Crippen LogP contribution is 2.64. The van der Waals surface area contributed by atoms with E-state index in [1.165, 1.54) is 0 Å². The Morgan fingerprint density at radius 1 is 1.46 bits per heavy atom. The highest BCUT2D eigenvalue weighted by Gasteiger charge is 2.51. The Hall–Kier alpha value is -0.670. The van der Waals surface area contributed by atoms with Crippen LogP contribution in [0.5, 0.6) is 0 Å². The van der Waals surface area contributed by atoms with Gasteiger partial charge in [-0.05, 0) is 5.56 Å². The summed E-state index contributed by atoms with van der Waals surface area (Å²) in [5.74, 6) is -0.660. The van der Waals surface area contributed by atoms with Gasteiger partial charge < -0.3 is 4.89 Å². The molecule has 2 N–H and O–H groups in total. The molecule has 2 unspecified atom stereocenters. The van der Waals surface area contributed by atoms with Crippen LogP contribution in [-0.4, -0.2) is 10.9 Å². The molecular formula is C8H10NO3P. The quantitative estimate of drug-likeness (QED) is 0.568. The smallest absolute Gasteiger partial charge is 0.321 e. The highest BCUT2D eigenvalue weighted by atomic mass is 31.2. The highest BCUT2D eigenvalue weighted by molar-refractivity contribution is 7.59. The van der Waals surface area contributed by atoms with Crippen LogP contribution < -0.4 is 5.32 Å². The van der Waals surface area contributed by atoms with Crippen LogP contribution in [0, 0.1) is 0 Å². The first-order valence-electron chi connectivity index (χ1n) is 3.97. The summed E-state index contributed by atoms with van der Waals surface area (Å²) in [6.45, 7) is 0.552. The summed E-state index contributed by atoms with van der Waals surface area (Å²) in [4.78, 5) is 8.84. The molecule has 0 aromatic heterocycles. The van der Waals surface area contributed by atoms with E-state index in [2.05, 4.69) is 9.84 Å². The summed E-state index contributed by atoms with van der Waals surface area (Å²) in [6.07, 6.45) is 0. The maximum Gasteiger partial charge on any atom is 0.374 e. The molecule has 2 rings (SSSR count). The molecule has 0 spiro atoms. The third-order valence-electron chi connectivity index (χ3n) is 1.83. The van der Waals surface area contributed by atoms with Crippen LogP contribution in [0.15, 0.2) is 30.3 Å². The Bertz CT molecular complexity index is 341. The van der Waals surface area contributed by atoms with Gasteiger partial charge in [-0.3, -0.25) is 14.4 Å². The van der Waals surface area contributed by atoms with Gasteiger partial charge in [0, 0.05) is 6.54 Å². The first-order chi connectivity index (χ1) is 6.18. The van der Waals surface area contributed by atoms with Crippen molar-refractivity contribution in [3.63, 3.8) is 0 Å². The zero-order valence-corrected chi connectivity index (χ0v) is 7.78. The Balaban J connectivity index is 1.85. The molecule has 4 nitrogen and oxygen atoms in total.